The normalized spacial score (nSPS) is 7.90. The molecule has 0 atom stereocenters. The first-order chi connectivity index (χ1) is 4.80. The zero-order valence-electron chi connectivity index (χ0n) is 6.25. The van der Waals surface area contributed by atoms with E-state index in [0.717, 1.165) is 0 Å². The maximum Gasteiger partial charge on any atom is 0.239 e. The number of tetrazole rings is 1. The monoisotopic (exact) mass is 142 g/mol. The zero-order chi connectivity index (χ0) is 7.98. The molecular formula is C5H10N4O. The van der Waals surface area contributed by atoms with Crippen molar-refractivity contribution in [3.05, 3.63) is 5.82 Å². The number of ketones is 1. The van der Waals surface area contributed by atoms with Gasteiger partial charge in [0.25, 0.3) is 0 Å². The second kappa shape index (κ2) is 4.60. The van der Waals surface area contributed by atoms with E-state index in [9.17, 15) is 4.79 Å². The van der Waals surface area contributed by atoms with Crippen molar-refractivity contribution >= 4 is 5.78 Å². The van der Waals surface area contributed by atoms with Gasteiger partial charge < -0.3 is 0 Å². The first kappa shape index (κ1) is 8.74. The van der Waals surface area contributed by atoms with E-state index in [1.165, 1.54) is 6.92 Å². The van der Waals surface area contributed by atoms with Crippen LogP contribution in [0.3, 0.4) is 0 Å². The number of nitrogens with one attached hydrogen (secondary N) is 1. The molecule has 1 aromatic heterocycles. The lowest BCUT2D eigenvalue weighted by Crippen LogP contribution is -1.93. The number of H-pyrrole nitrogens is 1. The van der Waals surface area contributed by atoms with Crippen LogP contribution in [0.2, 0.25) is 0 Å². The summed E-state index contributed by atoms with van der Waals surface area (Å²) >= 11 is 0. The number of carbonyl (C=O) groups is 1. The second-order valence-corrected chi connectivity index (χ2v) is 1.29. The summed E-state index contributed by atoms with van der Waals surface area (Å²) in [6.45, 7) is 5.38. The van der Waals surface area contributed by atoms with Crippen LogP contribution in [0.4, 0.5) is 0 Å². The maximum atomic E-state index is 10.3. The molecule has 0 fully saturated rings. The van der Waals surface area contributed by atoms with Crippen molar-refractivity contribution in [2.45, 2.75) is 20.8 Å². The molecule has 10 heavy (non-hydrogen) atoms. The molecule has 0 saturated heterocycles. The third-order valence-electron chi connectivity index (χ3n) is 0.660. The quantitative estimate of drug-likeness (QED) is 0.577. The highest BCUT2D eigenvalue weighted by molar-refractivity contribution is 5.89. The number of hydrogen-bond donors (Lipinski definition) is 1. The van der Waals surface area contributed by atoms with E-state index in [4.69, 9.17) is 0 Å². The third kappa shape index (κ3) is 2.34. The van der Waals surface area contributed by atoms with Gasteiger partial charge >= 0.3 is 0 Å². The minimum absolute atomic E-state index is 0.130. The third-order valence-corrected chi connectivity index (χ3v) is 0.660. The van der Waals surface area contributed by atoms with Crippen molar-refractivity contribution in [1.29, 1.82) is 0 Å². The molecule has 0 amide bonds. The van der Waals surface area contributed by atoms with Crippen LogP contribution < -0.4 is 0 Å². The van der Waals surface area contributed by atoms with Crippen LogP contribution >= 0.6 is 0 Å². The predicted octanol–water partition coefficient (Wildman–Crippen LogP) is 0.428. The Bertz CT molecular complexity index is 182. The van der Waals surface area contributed by atoms with Crippen LogP contribution in [0.5, 0.6) is 0 Å². The van der Waals surface area contributed by atoms with E-state index >= 15 is 0 Å². The topological polar surface area (TPSA) is 71.5 Å². The van der Waals surface area contributed by atoms with Gasteiger partial charge in [0.2, 0.25) is 11.6 Å². The summed E-state index contributed by atoms with van der Waals surface area (Å²) < 4.78 is 0. The van der Waals surface area contributed by atoms with Gasteiger partial charge in [-0.15, -0.1) is 10.2 Å². The molecule has 56 valence electrons. The highest BCUT2D eigenvalue weighted by Crippen LogP contribution is 1.81. The molecule has 0 aliphatic rings. The van der Waals surface area contributed by atoms with Crippen LogP contribution in [0.15, 0.2) is 0 Å². The van der Waals surface area contributed by atoms with E-state index in [1.54, 1.807) is 0 Å². The van der Waals surface area contributed by atoms with Gasteiger partial charge in [0.1, 0.15) is 0 Å². The standard InChI is InChI=1S/C3H4N4O.C2H6/c1-2(8)3-4-6-7-5-3;1-2/h1H3,(H,4,5,6,7);1-2H3. The van der Waals surface area contributed by atoms with Gasteiger partial charge in [0.15, 0.2) is 0 Å². The molecule has 0 aliphatic heterocycles. The van der Waals surface area contributed by atoms with Gasteiger partial charge in [0.05, 0.1) is 0 Å². The Labute approximate surface area is 58.8 Å². The SMILES string of the molecule is CC.CC(=O)c1nn[nH]n1. The van der Waals surface area contributed by atoms with Gasteiger partial charge in [-0.25, -0.2) is 0 Å². The molecule has 0 saturated carbocycles. The number of Topliss-reactive ketones (excluding diaryl/α,β-unsaturated/α-hetero) is 1. The molecule has 1 rings (SSSR count). The number of aromatic nitrogens is 4. The Morgan fingerprint density at radius 1 is 1.50 bits per heavy atom. The van der Waals surface area contributed by atoms with Crippen LogP contribution in [0.25, 0.3) is 0 Å². The first-order valence-corrected chi connectivity index (χ1v) is 3.05. The number of hydrogen-bond acceptors (Lipinski definition) is 4. The highest BCUT2D eigenvalue weighted by Gasteiger charge is 2.00. The van der Waals surface area contributed by atoms with E-state index < -0.39 is 0 Å². The fraction of sp³-hybridized carbons (Fsp3) is 0.600. The molecule has 0 spiro atoms. The smallest absolute Gasteiger partial charge is 0.239 e. The summed E-state index contributed by atoms with van der Waals surface area (Å²) in [7, 11) is 0. The minimum Gasteiger partial charge on any atom is -0.291 e. The van der Waals surface area contributed by atoms with Crippen LogP contribution in [-0.2, 0) is 0 Å². The Morgan fingerprint density at radius 3 is 2.30 bits per heavy atom. The van der Waals surface area contributed by atoms with Crippen molar-refractivity contribution in [2.24, 2.45) is 0 Å². The van der Waals surface area contributed by atoms with Crippen LogP contribution in [0, 0.1) is 0 Å². The van der Waals surface area contributed by atoms with E-state index in [-0.39, 0.29) is 11.6 Å². The van der Waals surface area contributed by atoms with Crippen LogP contribution in [0.1, 0.15) is 31.4 Å². The summed E-state index contributed by atoms with van der Waals surface area (Å²) in [6, 6.07) is 0. The molecule has 1 aromatic rings. The minimum atomic E-state index is -0.182. The first-order valence-electron chi connectivity index (χ1n) is 3.05. The molecule has 0 unspecified atom stereocenters. The van der Waals surface area contributed by atoms with Crippen molar-refractivity contribution in [1.82, 2.24) is 20.6 Å². The summed E-state index contributed by atoms with van der Waals surface area (Å²) in [6.07, 6.45) is 0. The molecule has 0 aliphatic carbocycles. The zero-order valence-corrected chi connectivity index (χ0v) is 6.25. The second-order valence-electron chi connectivity index (χ2n) is 1.29. The molecule has 0 aromatic carbocycles. The van der Waals surface area contributed by atoms with Crippen molar-refractivity contribution < 1.29 is 4.79 Å². The van der Waals surface area contributed by atoms with E-state index in [1.807, 2.05) is 13.8 Å². The van der Waals surface area contributed by atoms with Gasteiger partial charge in [-0.3, -0.25) is 4.79 Å². The Kier molecular flexibility index (Phi) is 4.02. The molecular weight excluding hydrogens is 132 g/mol. The van der Waals surface area contributed by atoms with Crippen molar-refractivity contribution in [3.8, 4) is 0 Å². The summed E-state index contributed by atoms with van der Waals surface area (Å²) in [5, 5.41) is 12.2. The average molecular weight is 142 g/mol. The van der Waals surface area contributed by atoms with Crippen molar-refractivity contribution in [3.63, 3.8) is 0 Å². The predicted molar refractivity (Wildman–Crippen MR) is 35.5 cm³/mol. The summed E-state index contributed by atoms with van der Waals surface area (Å²) in [5.74, 6) is -0.0521. The lowest BCUT2D eigenvalue weighted by atomic mass is 10.4. The Hall–Kier alpha value is -1.26. The summed E-state index contributed by atoms with van der Waals surface area (Å²) in [5.41, 5.74) is 0. The van der Waals surface area contributed by atoms with Gasteiger partial charge in [-0.2, -0.15) is 5.21 Å². The van der Waals surface area contributed by atoms with E-state index in [0.29, 0.717) is 0 Å². The Morgan fingerprint density at radius 2 is 2.10 bits per heavy atom. The fourth-order valence-electron chi connectivity index (χ4n) is 0.311. The maximum absolute atomic E-state index is 10.3. The number of rotatable bonds is 1. The van der Waals surface area contributed by atoms with E-state index in [2.05, 4.69) is 20.6 Å². The molecule has 5 nitrogen and oxygen atoms in total. The molecule has 0 bridgehead atoms. The van der Waals surface area contributed by atoms with Gasteiger partial charge in [0, 0.05) is 6.92 Å². The average Bonchev–Trinajstić information content (AvgIpc) is 2.42. The fourth-order valence-corrected chi connectivity index (χ4v) is 0.311. The lowest BCUT2D eigenvalue weighted by molar-refractivity contribution is 0.100. The Balaban J connectivity index is 0.000000371. The molecule has 1 N–H and O–H groups in total. The number of nitrogens with zero attached hydrogens (tertiary/aromatic N) is 3. The molecule has 0 radical (unpaired) electrons. The largest absolute Gasteiger partial charge is 0.291 e. The number of aromatic amines is 1. The van der Waals surface area contributed by atoms with Crippen molar-refractivity contribution in [2.75, 3.05) is 0 Å². The lowest BCUT2D eigenvalue weighted by Gasteiger charge is -1.74. The van der Waals surface area contributed by atoms with Crippen LogP contribution in [-0.4, -0.2) is 26.4 Å². The molecule has 1 heterocycles. The highest BCUT2D eigenvalue weighted by atomic mass is 16.1. The summed E-state index contributed by atoms with van der Waals surface area (Å²) in [4.78, 5) is 10.3. The van der Waals surface area contributed by atoms with Gasteiger partial charge in [-0.05, 0) is 5.21 Å². The number of carbonyl (C=O) groups excluding carboxylic acids is 1. The molecule has 5 heteroatoms. The van der Waals surface area contributed by atoms with Gasteiger partial charge in [-0.1, -0.05) is 13.8 Å².